The maximum atomic E-state index is 11.7. The second-order valence-electron chi connectivity index (χ2n) is 3.57. The van der Waals surface area contributed by atoms with Gasteiger partial charge in [0.05, 0.1) is 10.9 Å². The maximum Gasteiger partial charge on any atom is 0.239 e. The van der Waals surface area contributed by atoms with E-state index >= 15 is 0 Å². The van der Waals surface area contributed by atoms with E-state index in [4.69, 9.17) is 0 Å². The summed E-state index contributed by atoms with van der Waals surface area (Å²) >= 11 is 3.31. The van der Waals surface area contributed by atoms with Gasteiger partial charge in [0, 0.05) is 7.05 Å². The zero-order valence-electron chi connectivity index (χ0n) is 8.41. The molecule has 1 heterocycles. The maximum absolute atomic E-state index is 11.7. The molecule has 1 aromatic rings. The van der Waals surface area contributed by atoms with Crippen LogP contribution in [-0.2, 0) is 11.3 Å². The molecule has 0 unspecified atom stereocenters. The lowest BCUT2D eigenvalue weighted by molar-refractivity contribution is -0.132. The highest BCUT2D eigenvalue weighted by molar-refractivity contribution is 9.10. The number of aromatic amines is 1. The van der Waals surface area contributed by atoms with E-state index in [-0.39, 0.29) is 5.91 Å². The Kier molecular flexibility index (Phi) is 3.25. The quantitative estimate of drug-likeness (QED) is 0.823. The molecule has 1 aromatic heterocycles. The van der Waals surface area contributed by atoms with E-state index < -0.39 is 4.32 Å². The van der Waals surface area contributed by atoms with Crippen LogP contribution in [0.3, 0.4) is 0 Å². The molecule has 0 aromatic carbocycles. The van der Waals surface area contributed by atoms with Gasteiger partial charge in [-0.15, -0.1) is 0 Å². The third-order valence-corrected chi connectivity index (χ3v) is 2.05. The van der Waals surface area contributed by atoms with Crippen molar-refractivity contribution in [2.75, 3.05) is 7.05 Å². The molecule has 0 bridgehead atoms. The standard InChI is InChI=1S/C8H13BrN4O/c1-8(2,9)7(14)13(3)4-6-10-5-11-12-6/h5H,4H2,1-3H3,(H,10,11,12). The van der Waals surface area contributed by atoms with Gasteiger partial charge in [-0.05, 0) is 13.8 Å². The van der Waals surface area contributed by atoms with Crippen molar-refractivity contribution in [3.63, 3.8) is 0 Å². The van der Waals surface area contributed by atoms with E-state index in [9.17, 15) is 4.79 Å². The van der Waals surface area contributed by atoms with Gasteiger partial charge < -0.3 is 4.90 Å². The van der Waals surface area contributed by atoms with E-state index in [1.165, 1.54) is 6.33 Å². The van der Waals surface area contributed by atoms with Gasteiger partial charge in [0.2, 0.25) is 5.91 Å². The predicted molar refractivity (Wildman–Crippen MR) is 55.9 cm³/mol. The number of H-pyrrole nitrogens is 1. The first kappa shape index (κ1) is 11.2. The summed E-state index contributed by atoms with van der Waals surface area (Å²) in [5, 5.41) is 6.42. The minimum Gasteiger partial charge on any atom is -0.337 e. The largest absolute Gasteiger partial charge is 0.337 e. The molecular formula is C8H13BrN4O. The van der Waals surface area contributed by atoms with Crippen molar-refractivity contribution in [3.05, 3.63) is 12.2 Å². The third kappa shape index (κ3) is 2.80. The number of hydrogen-bond acceptors (Lipinski definition) is 3. The van der Waals surface area contributed by atoms with Gasteiger partial charge in [0.1, 0.15) is 12.2 Å². The van der Waals surface area contributed by atoms with Gasteiger partial charge in [-0.1, -0.05) is 15.9 Å². The molecule has 0 saturated heterocycles. The Morgan fingerprint density at radius 2 is 2.36 bits per heavy atom. The first-order chi connectivity index (χ1) is 6.41. The van der Waals surface area contributed by atoms with Gasteiger partial charge in [0.25, 0.3) is 0 Å². The number of nitrogens with one attached hydrogen (secondary N) is 1. The summed E-state index contributed by atoms with van der Waals surface area (Å²) < 4.78 is -0.540. The van der Waals surface area contributed by atoms with Crippen molar-refractivity contribution >= 4 is 21.8 Å². The van der Waals surface area contributed by atoms with Crippen molar-refractivity contribution in [3.8, 4) is 0 Å². The minimum absolute atomic E-state index is 0.00824. The fourth-order valence-electron chi connectivity index (χ4n) is 1.06. The Hall–Kier alpha value is -0.910. The van der Waals surface area contributed by atoms with Gasteiger partial charge in [0.15, 0.2) is 0 Å². The highest BCUT2D eigenvalue weighted by Crippen LogP contribution is 2.18. The first-order valence-corrected chi connectivity index (χ1v) is 4.99. The zero-order chi connectivity index (χ0) is 10.8. The molecule has 0 radical (unpaired) electrons. The van der Waals surface area contributed by atoms with Crippen LogP contribution in [0.15, 0.2) is 6.33 Å². The van der Waals surface area contributed by atoms with Crippen molar-refractivity contribution in [1.82, 2.24) is 20.1 Å². The van der Waals surface area contributed by atoms with Crippen LogP contribution >= 0.6 is 15.9 Å². The Morgan fingerprint density at radius 1 is 1.71 bits per heavy atom. The molecule has 0 aliphatic rings. The van der Waals surface area contributed by atoms with Gasteiger partial charge in [-0.2, -0.15) is 5.10 Å². The smallest absolute Gasteiger partial charge is 0.239 e. The van der Waals surface area contributed by atoms with Crippen LogP contribution in [-0.4, -0.2) is 37.4 Å². The van der Waals surface area contributed by atoms with Gasteiger partial charge >= 0.3 is 0 Å². The van der Waals surface area contributed by atoms with E-state index in [0.29, 0.717) is 12.4 Å². The molecule has 0 saturated carbocycles. The van der Waals surface area contributed by atoms with E-state index in [1.807, 2.05) is 13.8 Å². The van der Waals surface area contributed by atoms with Gasteiger partial charge in [-0.3, -0.25) is 9.89 Å². The third-order valence-electron chi connectivity index (χ3n) is 1.71. The molecule has 1 amide bonds. The van der Waals surface area contributed by atoms with Crippen LogP contribution in [0.5, 0.6) is 0 Å². The Bertz CT molecular complexity index is 304. The van der Waals surface area contributed by atoms with E-state index in [2.05, 4.69) is 31.1 Å². The lowest BCUT2D eigenvalue weighted by Gasteiger charge is -2.23. The molecule has 0 spiro atoms. The summed E-state index contributed by atoms with van der Waals surface area (Å²) in [4.78, 5) is 17.2. The van der Waals surface area contributed by atoms with Crippen LogP contribution in [0, 0.1) is 0 Å². The summed E-state index contributed by atoms with van der Waals surface area (Å²) in [5.74, 6) is 0.687. The highest BCUT2D eigenvalue weighted by atomic mass is 79.9. The number of nitrogens with zero attached hydrogens (tertiary/aromatic N) is 3. The van der Waals surface area contributed by atoms with Crippen molar-refractivity contribution in [1.29, 1.82) is 0 Å². The molecular weight excluding hydrogens is 248 g/mol. The van der Waals surface area contributed by atoms with Crippen LogP contribution in [0.1, 0.15) is 19.7 Å². The molecule has 0 aliphatic heterocycles. The van der Waals surface area contributed by atoms with Crippen LogP contribution in [0.25, 0.3) is 0 Å². The molecule has 1 N–H and O–H groups in total. The summed E-state index contributed by atoms with van der Waals surface area (Å²) in [6.07, 6.45) is 1.42. The molecule has 1 rings (SSSR count). The average Bonchev–Trinajstić information content (AvgIpc) is 2.53. The predicted octanol–water partition coefficient (Wildman–Crippen LogP) is 0.937. The summed E-state index contributed by atoms with van der Waals surface area (Å²) in [7, 11) is 1.73. The molecule has 0 atom stereocenters. The lowest BCUT2D eigenvalue weighted by Crippen LogP contribution is -2.38. The number of halogens is 1. The monoisotopic (exact) mass is 260 g/mol. The van der Waals surface area contributed by atoms with Crippen molar-refractivity contribution in [2.24, 2.45) is 0 Å². The number of carbonyl (C=O) groups is 1. The highest BCUT2D eigenvalue weighted by Gasteiger charge is 2.27. The Balaban J connectivity index is 2.59. The number of alkyl halides is 1. The van der Waals surface area contributed by atoms with Crippen molar-refractivity contribution in [2.45, 2.75) is 24.7 Å². The summed E-state index contributed by atoms with van der Waals surface area (Å²) in [6.45, 7) is 4.06. The number of rotatable bonds is 3. The Morgan fingerprint density at radius 3 is 2.79 bits per heavy atom. The normalized spacial score (nSPS) is 11.4. The molecule has 78 valence electrons. The second-order valence-corrected chi connectivity index (χ2v) is 5.55. The van der Waals surface area contributed by atoms with Gasteiger partial charge in [-0.25, -0.2) is 4.98 Å². The second kappa shape index (κ2) is 4.08. The summed E-state index contributed by atoms with van der Waals surface area (Å²) in [6, 6.07) is 0. The molecule has 0 aliphatic carbocycles. The first-order valence-electron chi connectivity index (χ1n) is 4.20. The lowest BCUT2D eigenvalue weighted by atomic mass is 10.2. The fraction of sp³-hybridized carbons (Fsp3) is 0.625. The Labute approximate surface area is 91.0 Å². The fourth-order valence-corrected chi connectivity index (χ4v) is 1.36. The minimum atomic E-state index is -0.540. The van der Waals surface area contributed by atoms with Crippen molar-refractivity contribution < 1.29 is 4.79 Å². The number of amides is 1. The molecule has 5 nitrogen and oxygen atoms in total. The molecule has 6 heteroatoms. The van der Waals surface area contributed by atoms with Crippen LogP contribution in [0.2, 0.25) is 0 Å². The SMILES string of the molecule is CN(Cc1ncn[nH]1)C(=O)C(C)(C)Br. The average molecular weight is 261 g/mol. The number of hydrogen-bond donors (Lipinski definition) is 1. The topological polar surface area (TPSA) is 61.9 Å². The summed E-state index contributed by atoms with van der Waals surface area (Å²) in [5.41, 5.74) is 0. The van der Waals surface area contributed by atoms with E-state index in [1.54, 1.807) is 11.9 Å². The zero-order valence-corrected chi connectivity index (χ0v) is 10.00. The van der Waals surface area contributed by atoms with Crippen LogP contribution < -0.4 is 0 Å². The van der Waals surface area contributed by atoms with E-state index in [0.717, 1.165) is 0 Å². The molecule has 14 heavy (non-hydrogen) atoms. The number of aromatic nitrogens is 3. The van der Waals surface area contributed by atoms with Crippen LogP contribution in [0.4, 0.5) is 0 Å². The number of carbonyl (C=O) groups excluding carboxylic acids is 1. The molecule has 0 fully saturated rings.